The summed E-state index contributed by atoms with van der Waals surface area (Å²) in [6.07, 6.45) is -0.290. The Balaban J connectivity index is 1.87. The molecule has 126 valence electrons. The van der Waals surface area contributed by atoms with Gasteiger partial charge in [-0.25, -0.2) is 4.79 Å². The van der Waals surface area contributed by atoms with Gasteiger partial charge in [0, 0.05) is 31.7 Å². The Kier molecular flexibility index (Phi) is 5.81. The van der Waals surface area contributed by atoms with Gasteiger partial charge in [-0.15, -0.1) is 0 Å². The zero-order valence-corrected chi connectivity index (χ0v) is 13.6. The molecular weight excluding hydrogens is 298 g/mol. The van der Waals surface area contributed by atoms with E-state index in [1.54, 1.807) is 30.0 Å². The first-order valence-corrected chi connectivity index (χ1v) is 7.66. The fourth-order valence-electron chi connectivity index (χ4n) is 2.51. The van der Waals surface area contributed by atoms with E-state index in [2.05, 4.69) is 0 Å². The molecule has 0 atom stereocenters. The second-order valence-electron chi connectivity index (χ2n) is 5.34. The van der Waals surface area contributed by atoms with E-state index in [0.717, 1.165) is 0 Å². The van der Waals surface area contributed by atoms with Crippen LogP contribution in [0.25, 0.3) is 0 Å². The van der Waals surface area contributed by atoms with Crippen LogP contribution in [0.3, 0.4) is 0 Å². The molecule has 0 aromatic heterocycles. The van der Waals surface area contributed by atoms with Crippen LogP contribution in [0.15, 0.2) is 18.2 Å². The standard InChI is InChI=1S/C16H23N3O4/c1-3-23-16(21)19-8-6-18(7-9-19)11-14(20)12-4-5-15(22-2)13(17)10-12/h4-5,10H,3,6-9,11,17H2,1-2H3. The van der Waals surface area contributed by atoms with E-state index in [1.807, 2.05) is 4.90 Å². The molecule has 1 amide bonds. The summed E-state index contributed by atoms with van der Waals surface area (Å²) in [5.74, 6) is 0.563. The average Bonchev–Trinajstić information content (AvgIpc) is 2.55. The molecule has 7 nitrogen and oxygen atoms in total. The van der Waals surface area contributed by atoms with Crippen molar-refractivity contribution in [2.75, 3.05) is 52.2 Å². The number of amides is 1. The largest absolute Gasteiger partial charge is 0.495 e. The zero-order chi connectivity index (χ0) is 16.8. The zero-order valence-electron chi connectivity index (χ0n) is 13.6. The predicted octanol–water partition coefficient (Wildman–Crippen LogP) is 1.23. The number of carbonyl (C=O) groups is 2. The van der Waals surface area contributed by atoms with Gasteiger partial charge in [-0.2, -0.15) is 0 Å². The van der Waals surface area contributed by atoms with Gasteiger partial charge in [-0.05, 0) is 25.1 Å². The summed E-state index contributed by atoms with van der Waals surface area (Å²) < 4.78 is 10.1. The molecule has 0 spiro atoms. The maximum atomic E-state index is 12.3. The van der Waals surface area contributed by atoms with Crippen molar-refractivity contribution in [1.82, 2.24) is 9.80 Å². The first-order chi connectivity index (χ1) is 11.0. The highest BCUT2D eigenvalue weighted by Gasteiger charge is 2.23. The Bertz CT molecular complexity index is 568. The third-order valence-corrected chi connectivity index (χ3v) is 3.82. The Morgan fingerprint density at radius 3 is 2.48 bits per heavy atom. The lowest BCUT2D eigenvalue weighted by molar-refractivity contribution is 0.0733. The van der Waals surface area contributed by atoms with Gasteiger partial charge in [0.05, 0.1) is 25.9 Å². The number of nitrogen functional groups attached to an aromatic ring is 1. The number of benzene rings is 1. The minimum atomic E-state index is -0.290. The van der Waals surface area contributed by atoms with Crippen LogP contribution in [0.5, 0.6) is 5.75 Å². The summed E-state index contributed by atoms with van der Waals surface area (Å²) in [5, 5.41) is 0. The van der Waals surface area contributed by atoms with Gasteiger partial charge >= 0.3 is 6.09 Å². The van der Waals surface area contributed by atoms with Crippen LogP contribution in [0.1, 0.15) is 17.3 Å². The maximum absolute atomic E-state index is 12.3. The number of nitrogens with two attached hydrogens (primary N) is 1. The van der Waals surface area contributed by atoms with E-state index in [-0.39, 0.29) is 11.9 Å². The Morgan fingerprint density at radius 2 is 1.91 bits per heavy atom. The van der Waals surface area contributed by atoms with Gasteiger partial charge in [-0.3, -0.25) is 9.69 Å². The third-order valence-electron chi connectivity index (χ3n) is 3.82. The number of ketones is 1. The lowest BCUT2D eigenvalue weighted by Crippen LogP contribution is -2.50. The minimum Gasteiger partial charge on any atom is -0.495 e. The summed E-state index contributed by atoms with van der Waals surface area (Å²) in [7, 11) is 1.54. The smallest absolute Gasteiger partial charge is 0.409 e. The van der Waals surface area contributed by atoms with E-state index in [0.29, 0.717) is 56.3 Å². The number of rotatable bonds is 5. The van der Waals surface area contributed by atoms with Crippen molar-refractivity contribution in [2.24, 2.45) is 0 Å². The van der Waals surface area contributed by atoms with Crippen molar-refractivity contribution in [1.29, 1.82) is 0 Å². The number of Topliss-reactive ketones (excluding diaryl/α,β-unsaturated/α-hetero) is 1. The maximum Gasteiger partial charge on any atom is 0.409 e. The van der Waals surface area contributed by atoms with E-state index in [4.69, 9.17) is 15.2 Å². The van der Waals surface area contributed by atoms with Crippen molar-refractivity contribution < 1.29 is 19.1 Å². The highest BCUT2D eigenvalue weighted by atomic mass is 16.6. The van der Waals surface area contributed by atoms with Gasteiger partial charge in [0.15, 0.2) is 5.78 Å². The highest BCUT2D eigenvalue weighted by Crippen LogP contribution is 2.22. The lowest BCUT2D eigenvalue weighted by Gasteiger charge is -2.33. The van der Waals surface area contributed by atoms with Gasteiger partial charge in [-0.1, -0.05) is 0 Å². The van der Waals surface area contributed by atoms with E-state index in [1.165, 1.54) is 7.11 Å². The van der Waals surface area contributed by atoms with E-state index >= 15 is 0 Å². The first-order valence-electron chi connectivity index (χ1n) is 7.66. The van der Waals surface area contributed by atoms with Gasteiger partial charge in [0.25, 0.3) is 0 Å². The van der Waals surface area contributed by atoms with Gasteiger partial charge in [0.2, 0.25) is 0 Å². The molecular formula is C16H23N3O4. The Hall–Kier alpha value is -2.28. The molecule has 1 aliphatic heterocycles. The number of ether oxygens (including phenoxy) is 2. The SMILES string of the molecule is CCOC(=O)N1CCN(CC(=O)c2ccc(OC)c(N)c2)CC1. The highest BCUT2D eigenvalue weighted by molar-refractivity contribution is 5.98. The topological polar surface area (TPSA) is 85.1 Å². The van der Waals surface area contributed by atoms with Crippen molar-refractivity contribution >= 4 is 17.6 Å². The monoisotopic (exact) mass is 321 g/mol. The van der Waals surface area contributed by atoms with Crippen LogP contribution in [0.4, 0.5) is 10.5 Å². The molecule has 1 fully saturated rings. The quantitative estimate of drug-likeness (QED) is 0.648. The van der Waals surface area contributed by atoms with Gasteiger partial charge < -0.3 is 20.1 Å². The van der Waals surface area contributed by atoms with Gasteiger partial charge in [0.1, 0.15) is 5.75 Å². The molecule has 1 aliphatic rings. The average molecular weight is 321 g/mol. The van der Waals surface area contributed by atoms with Crippen LogP contribution in [-0.4, -0.2) is 68.1 Å². The van der Waals surface area contributed by atoms with Crippen LogP contribution in [0.2, 0.25) is 0 Å². The van der Waals surface area contributed by atoms with E-state index < -0.39 is 0 Å². The molecule has 0 saturated carbocycles. The molecule has 1 heterocycles. The number of methoxy groups -OCH3 is 1. The number of hydrogen-bond donors (Lipinski definition) is 1. The second-order valence-corrected chi connectivity index (χ2v) is 5.34. The fourth-order valence-corrected chi connectivity index (χ4v) is 2.51. The normalized spacial score (nSPS) is 15.3. The Morgan fingerprint density at radius 1 is 1.22 bits per heavy atom. The number of piperazine rings is 1. The molecule has 1 saturated heterocycles. The molecule has 0 unspecified atom stereocenters. The minimum absolute atomic E-state index is 0.00365. The third kappa shape index (κ3) is 4.35. The molecule has 23 heavy (non-hydrogen) atoms. The van der Waals surface area contributed by atoms with Crippen molar-refractivity contribution in [3.8, 4) is 5.75 Å². The molecule has 0 bridgehead atoms. The second kappa shape index (κ2) is 7.82. The van der Waals surface area contributed by atoms with Crippen molar-refractivity contribution in [3.63, 3.8) is 0 Å². The van der Waals surface area contributed by atoms with Crippen LogP contribution in [-0.2, 0) is 4.74 Å². The molecule has 2 rings (SSSR count). The predicted molar refractivity (Wildman–Crippen MR) is 86.8 cm³/mol. The summed E-state index contributed by atoms with van der Waals surface area (Å²) in [4.78, 5) is 27.7. The molecule has 0 radical (unpaired) electrons. The van der Waals surface area contributed by atoms with Crippen LogP contribution < -0.4 is 10.5 Å². The number of anilines is 1. The molecule has 0 aliphatic carbocycles. The van der Waals surface area contributed by atoms with Crippen LogP contribution in [0, 0.1) is 0 Å². The molecule has 2 N–H and O–H groups in total. The van der Waals surface area contributed by atoms with Crippen molar-refractivity contribution in [2.45, 2.75) is 6.92 Å². The first kappa shape index (κ1) is 17.1. The molecule has 1 aromatic carbocycles. The summed E-state index contributed by atoms with van der Waals surface area (Å²) in [5.41, 5.74) is 6.85. The molecule has 1 aromatic rings. The fraction of sp³-hybridized carbons (Fsp3) is 0.500. The van der Waals surface area contributed by atoms with E-state index in [9.17, 15) is 9.59 Å². The number of hydrogen-bond acceptors (Lipinski definition) is 6. The summed E-state index contributed by atoms with van der Waals surface area (Å²) >= 11 is 0. The molecule has 7 heteroatoms. The lowest BCUT2D eigenvalue weighted by atomic mass is 10.1. The summed E-state index contributed by atoms with van der Waals surface area (Å²) in [6.45, 7) is 4.90. The van der Waals surface area contributed by atoms with Crippen LogP contribution >= 0.6 is 0 Å². The number of nitrogens with zero attached hydrogens (tertiary/aromatic N) is 2. The Labute approximate surface area is 135 Å². The summed E-state index contributed by atoms with van der Waals surface area (Å²) in [6, 6.07) is 5.05. The number of carbonyl (C=O) groups excluding carboxylic acids is 2. The van der Waals surface area contributed by atoms with Crippen molar-refractivity contribution in [3.05, 3.63) is 23.8 Å².